The molecule has 0 atom stereocenters. The minimum absolute atomic E-state index is 0. The molecule has 0 amide bonds. The number of aryl methyl sites for hydroxylation is 2. The number of aromatic nitrogens is 3. The van der Waals surface area contributed by atoms with E-state index >= 15 is 0 Å². The van der Waals surface area contributed by atoms with Gasteiger partial charge in [0.25, 0.3) is 0 Å². The average molecular weight is 452 g/mol. The van der Waals surface area contributed by atoms with Crippen LogP contribution in [-0.4, -0.2) is 34.3 Å². The van der Waals surface area contributed by atoms with E-state index in [2.05, 4.69) is 56.9 Å². The summed E-state index contributed by atoms with van der Waals surface area (Å²) >= 11 is 0. The second-order valence-electron chi connectivity index (χ2n) is 5.82. The van der Waals surface area contributed by atoms with E-state index in [0.717, 1.165) is 24.6 Å². The Hall–Kier alpha value is -2.03. The molecule has 0 saturated heterocycles. The summed E-state index contributed by atoms with van der Waals surface area (Å²) in [5, 5.41) is 12.2. The summed E-state index contributed by atoms with van der Waals surface area (Å²) in [6.45, 7) is 3.65. The van der Waals surface area contributed by atoms with Gasteiger partial charge in [0.15, 0.2) is 5.96 Å². The molecule has 25 heavy (non-hydrogen) atoms. The Bertz CT molecular complexity index is 848. The van der Waals surface area contributed by atoms with E-state index < -0.39 is 0 Å². The van der Waals surface area contributed by atoms with Crippen molar-refractivity contribution in [3.63, 3.8) is 0 Å². The zero-order chi connectivity index (χ0) is 16.9. The molecule has 7 heteroatoms. The van der Waals surface area contributed by atoms with E-state index in [1.165, 1.54) is 22.2 Å². The van der Waals surface area contributed by atoms with Crippen LogP contribution in [0.25, 0.3) is 10.9 Å². The van der Waals surface area contributed by atoms with Crippen LogP contribution < -0.4 is 10.6 Å². The third-order valence-electron chi connectivity index (χ3n) is 4.28. The molecule has 0 bridgehead atoms. The fourth-order valence-electron chi connectivity index (χ4n) is 2.93. The van der Waals surface area contributed by atoms with Gasteiger partial charge in [0.1, 0.15) is 0 Å². The lowest BCUT2D eigenvalue weighted by molar-refractivity contribution is 0.684. The van der Waals surface area contributed by atoms with E-state index in [0.29, 0.717) is 6.54 Å². The smallest absolute Gasteiger partial charge is 0.191 e. The van der Waals surface area contributed by atoms with E-state index in [1.807, 2.05) is 17.8 Å². The van der Waals surface area contributed by atoms with Gasteiger partial charge in [0, 0.05) is 43.4 Å². The summed E-state index contributed by atoms with van der Waals surface area (Å²) in [6.07, 6.45) is 2.75. The predicted molar refractivity (Wildman–Crippen MR) is 114 cm³/mol. The van der Waals surface area contributed by atoms with Crippen molar-refractivity contribution in [3.8, 4) is 0 Å². The molecular formula is C18H25IN6. The molecule has 6 nitrogen and oxygen atoms in total. The second-order valence-corrected chi connectivity index (χ2v) is 5.82. The fraction of sp³-hybridized carbons (Fsp3) is 0.333. The number of aromatic amines is 1. The van der Waals surface area contributed by atoms with Crippen molar-refractivity contribution in [1.29, 1.82) is 0 Å². The number of hydrogen-bond donors (Lipinski definition) is 3. The van der Waals surface area contributed by atoms with Crippen molar-refractivity contribution in [2.45, 2.75) is 19.9 Å². The zero-order valence-corrected chi connectivity index (χ0v) is 17.2. The van der Waals surface area contributed by atoms with Gasteiger partial charge in [-0.1, -0.05) is 18.2 Å². The maximum absolute atomic E-state index is 4.28. The number of benzene rings is 1. The number of nitrogens with zero attached hydrogens (tertiary/aromatic N) is 3. The van der Waals surface area contributed by atoms with E-state index in [-0.39, 0.29) is 24.0 Å². The van der Waals surface area contributed by atoms with Crippen molar-refractivity contribution in [3.05, 3.63) is 53.5 Å². The molecule has 0 saturated carbocycles. The van der Waals surface area contributed by atoms with Gasteiger partial charge in [-0.15, -0.1) is 24.0 Å². The highest BCUT2D eigenvalue weighted by Gasteiger charge is 2.08. The van der Waals surface area contributed by atoms with Crippen LogP contribution in [0.2, 0.25) is 0 Å². The van der Waals surface area contributed by atoms with Crippen LogP contribution in [-0.2, 0) is 20.0 Å². The molecule has 2 aromatic heterocycles. The van der Waals surface area contributed by atoms with Gasteiger partial charge in [0.2, 0.25) is 0 Å². The topological polar surface area (TPSA) is 70.0 Å². The highest BCUT2D eigenvalue weighted by Crippen LogP contribution is 2.21. The molecule has 134 valence electrons. The van der Waals surface area contributed by atoms with E-state index in [9.17, 15) is 0 Å². The first-order valence-corrected chi connectivity index (χ1v) is 8.16. The molecule has 0 fully saturated rings. The number of fused-ring (bicyclic) bond motifs is 1. The van der Waals surface area contributed by atoms with Crippen LogP contribution in [0.15, 0.2) is 41.5 Å². The SMILES string of the molecule is CN=C(NCCc1c(C)[nH]c2ccccc12)NCc1ccnn1C.I. The summed E-state index contributed by atoms with van der Waals surface area (Å²) in [5.41, 5.74) is 4.91. The van der Waals surface area contributed by atoms with Crippen molar-refractivity contribution in [2.75, 3.05) is 13.6 Å². The lowest BCUT2D eigenvalue weighted by Crippen LogP contribution is -2.38. The summed E-state index contributed by atoms with van der Waals surface area (Å²) < 4.78 is 1.86. The lowest BCUT2D eigenvalue weighted by atomic mass is 10.1. The fourth-order valence-corrected chi connectivity index (χ4v) is 2.93. The largest absolute Gasteiger partial charge is 0.358 e. The Morgan fingerprint density at radius 1 is 1.24 bits per heavy atom. The minimum atomic E-state index is 0. The minimum Gasteiger partial charge on any atom is -0.358 e. The molecule has 0 aliphatic rings. The summed E-state index contributed by atoms with van der Waals surface area (Å²) in [4.78, 5) is 7.72. The monoisotopic (exact) mass is 452 g/mol. The van der Waals surface area contributed by atoms with Crippen LogP contribution >= 0.6 is 24.0 Å². The Morgan fingerprint density at radius 3 is 2.76 bits per heavy atom. The first-order chi connectivity index (χ1) is 11.7. The number of H-pyrrole nitrogens is 1. The molecule has 0 aliphatic heterocycles. The summed E-state index contributed by atoms with van der Waals surface area (Å²) in [6, 6.07) is 10.4. The van der Waals surface area contributed by atoms with Gasteiger partial charge in [-0.3, -0.25) is 9.67 Å². The third kappa shape index (κ3) is 4.53. The van der Waals surface area contributed by atoms with Gasteiger partial charge < -0.3 is 15.6 Å². The number of halogens is 1. The molecule has 2 heterocycles. The number of rotatable bonds is 5. The van der Waals surface area contributed by atoms with Gasteiger partial charge in [0.05, 0.1) is 12.2 Å². The van der Waals surface area contributed by atoms with Crippen molar-refractivity contribution >= 4 is 40.8 Å². The van der Waals surface area contributed by atoms with Crippen LogP contribution in [0.3, 0.4) is 0 Å². The Labute approximate surface area is 165 Å². The molecule has 0 spiro atoms. The zero-order valence-electron chi connectivity index (χ0n) is 14.8. The molecule has 0 aliphatic carbocycles. The number of hydrogen-bond acceptors (Lipinski definition) is 2. The van der Waals surface area contributed by atoms with Crippen molar-refractivity contribution in [2.24, 2.45) is 12.0 Å². The number of aliphatic imine (C=N–C) groups is 1. The average Bonchev–Trinajstić information content (AvgIpc) is 3.13. The third-order valence-corrected chi connectivity index (χ3v) is 4.28. The van der Waals surface area contributed by atoms with Crippen LogP contribution in [0.5, 0.6) is 0 Å². The molecule has 3 aromatic rings. The van der Waals surface area contributed by atoms with Gasteiger partial charge in [-0.25, -0.2) is 0 Å². The molecule has 0 radical (unpaired) electrons. The number of guanidine groups is 1. The maximum atomic E-state index is 4.28. The number of nitrogens with one attached hydrogen (secondary N) is 3. The Balaban J connectivity index is 0.00000225. The molecule has 3 N–H and O–H groups in total. The highest BCUT2D eigenvalue weighted by molar-refractivity contribution is 14.0. The molecule has 0 unspecified atom stereocenters. The van der Waals surface area contributed by atoms with Crippen LogP contribution in [0, 0.1) is 6.92 Å². The second kappa shape index (κ2) is 8.89. The van der Waals surface area contributed by atoms with Crippen LogP contribution in [0.1, 0.15) is 17.0 Å². The highest BCUT2D eigenvalue weighted by atomic mass is 127. The summed E-state index contributed by atoms with van der Waals surface area (Å²) in [5.74, 6) is 0.800. The lowest BCUT2D eigenvalue weighted by Gasteiger charge is -2.12. The van der Waals surface area contributed by atoms with Crippen LogP contribution in [0.4, 0.5) is 0 Å². The maximum Gasteiger partial charge on any atom is 0.191 e. The summed E-state index contributed by atoms with van der Waals surface area (Å²) in [7, 11) is 3.72. The first kappa shape index (κ1) is 19.3. The molecule has 3 rings (SSSR count). The first-order valence-electron chi connectivity index (χ1n) is 8.16. The Kier molecular flexibility index (Phi) is 6.86. The van der Waals surface area contributed by atoms with Gasteiger partial charge in [-0.05, 0) is 31.0 Å². The van der Waals surface area contributed by atoms with Crippen molar-refractivity contribution < 1.29 is 0 Å². The molecular weight excluding hydrogens is 427 g/mol. The van der Waals surface area contributed by atoms with E-state index in [4.69, 9.17) is 0 Å². The van der Waals surface area contributed by atoms with Gasteiger partial charge >= 0.3 is 0 Å². The predicted octanol–water partition coefficient (Wildman–Crippen LogP) is 2.74. The normalized spacial score (nSPS) is 11.4. The number of para-hydroxylation sites is 1. The van der Waals surface area contributed by atoms with Gasteiger partial charge in [-0.2, -0.15) is 5.10 Å². The van der Waals surface area contributed by atoms with E-state index in [1.54, 1.807) is 13.2 Å². The molecule has 1 aromatic carbocycles. The van der Waals surface area contributed by atoms with Crippen molar-refractivity contribution in [1.82, 2.24) is 25.4 Å². The Morgan fingerprint density at radius 2 is 2.04 bits per heavy atom. The quantitative estimate of drug-likeness (QED) is 0.317. The standard InChI is InChI=1S/C18H24N6.HI/c1-13-15(16-6-4-5-7-17(16)23-13)9-10-20-18(19-2)21-12-14-8-11-22-24(14)3;/h4-8,11,23H,9-10,12H2,1-3H3,(H2,19,20,21);1H.